The number of non-ortho nitro benzene ring substituents is 1. The summed E-state index contributed by atoms with van der Waals surface area (Å²) in [5.41, 5.74) is 1.06. The zero-order valence-corrected chi connectivity index (χ0v) is 17.3. The number of aliphatic imine (C=N–C) groups is 1. The Labute approximate surface area is 174 Å². The van der Waals surface area contributed by atoms with Gasteiger partial charge in [-0.25, -0.2) is 9.97 Å². The fourth-order valence-electron chi connectivity index (χ4n) is 2.82. The molecular weight excluding hydrogens is 461 g/mol. The summed E-state index contributed by atoms with van der Waals surface area (Å²) in [4.78, 5) is 27.6. The van der Waals surface area contributed by atoms with Crippen LogP contribution < -0.4 is 10.2 Å². The number of halogens is 1. The van der Waals surface area contributed by atoms with E-state index in [0.717, 1.165) is 43.7 Å². The highest BCUT2D eigenvalue weighted by molar-refractivity contribution is 14.0. The van der Waals surface area contributed by atoms with Gasteiger partial charge in [-0.1, -0.05) is 12.1 Å². The minimum Gasteiger partial charge on any atom is -0.352 e. The molecule has 1 aliphatic rings. The predicted molar refractivity (Wildman–Crippen MR) is 115 cm³/mol. The van der Waals surface area contributed by atoms with Gasteiger partial charge in [-0.3, -0.25) is 15.1 Å². The van der Waals surface area contributed by atoms with Crippen LogP contribution in [0.4, 0.5) is 11.6 Å². The van der Waals surface area contributed by atoms with Crippen molar-refractivity contribution in [2.75, 3.05) is 38.1 Å². The van der Waals surface area contributed by atoms with Crippen molar-refractivity contribution >= 4 is 41.6 Å². The number of hydrogen-bond donors (Lipinski definition) is 1. The van der Waals surface area contributed by atoms with Crippen LogP contribution in [0.1, 0.15) is 5.56 Å². The number of anilines is 1. The van der Waals surface area contributed by atoms with E-state index in [1.165, 1.54) is 12.1 Å². The first kappa shape index (κ1) is 20.8. The number of hydrogen-bond acceptors (Lipinski definition) is 6. The van der Waals surface area contributed by atoms with Crippen molar-refractivity contribution in [2.24, 2.45) is 4.99 Å². The first-order chi connectivity index (χ1) is 12.7. The Kier molecular flexibility index (Phi) is 7.70. The molecule has 0 unspecified atom stereocenters. The lowest BCUT2D eigenvalue weighted by molar-refractivity contribution is -0.384. The number of rotatable bonds is 4. The van der Waals surface area contributed by atoms with Crippen molar-refractivity contribution in [3.05, 3.63) is 58.4 Å². The summed E-state index contributed by atoms with van der Waals surface area (Å²) < 4.78 is 0. The Bertz CT molecular complexity index is 763. The fraction of sp³-hybridized carbons (Fsp3) is 0.353. The molecule has 0 amide bonds. The lowest BCUT2D eigenvalue weighted by Gasteiger charge is -2.36. The summed E-state index contributed by atoms with van der Waals surface area (Å²) in [7, 11) is 1.75. The number of guanidine groups is 1. The van der Waals surface area contributed by atoms with Crippen LogP contribution in [-0.4, -0.2) is 59.0 Å². The fourth-order valence-corrected chi connectivity index (χ4v) is 2.82. The average Bonchev–Trinajstić information content (AvgIpc) is 2.70. The normalized spacial score (nSPS) is 14.5. The first-order valence-electron chi connectivity index (χ1n) is 8.38. The van der Waals surface area contributed by atoms with Crippen LogP contribution in [0.2, 0.25) is 0 Å². The van der Waals surface area contributed by atoms with Crippen molar-refractivity contribution in [2.45, 2.75) is 6.54 Å². The van der Waals surface area contributed by atoms with Crippen molar-refractivity contribution < 1.29 is 4.92 Å². The molecule has 1 aliphatic heterocycles. The van der Waals surface area contributed by atoms with Crippen LogP contribution in [-0.2, 0) is 6.54 Å². The molecule has 1 fully saturated rings. The van der Waals surface area contributed by atoms with Gasteiger partial charge in [0.15, 0.2) is 5.96 Å². The average molecular weight is 483 g/mol. The Morgan fingerprint density at radius 1 is 1.19 bits per heavy atom. The van der Waals surface area contributed by atoms with E-state index >= 15 is 0 Å². The van der Waals surface area contributed by atoms with Crippen LogP contribution >= 0.6 is 24.0 Å². The molecule has 144 valence electrons. The third-order valence-electron chi connectivity index (χ3n) is 4.22. The van der Waals surface area contributed by atoms with Gasteiger partial charge in [-0.15, -0.1) is 24.0 Å². The second-order valence-electron chi connectivity index (χ2n) is 5.85. The van der Waals surface area contributed by atoms with Crippen LogP contribution in [0.3, 0.4) is 0 Å². The van der Waals surface area contributed by atoms with Gasteiger partial charge >= 0.3 is 0 Å². The molecule has 0 bridgehead atoms. The van der Waals surface area contributed by atoms with E-state index in [9.17, 15) is 10.1 Å². The molecule has 9 nitrogen and oxygen atoms in total. The van der Waals surface area contributed by atoms with Crippen LogP contribution in [0.25, 0.3) is 0 Å². The molecular formula is C17H22IN7O2. The minimum atomic E-state index is -0.397. The summed E-state index contributed by atoms with van der Waals surface area (Å²) in [6.07, 6.45) is 3.50. The van der Waals surface area contributed by atoms with E-state index in [1.807, 2.05) is 6.07 Å². The molecule has 1 N–H and O–H groups in total. The number of aromatic nitrogens is 2. The SMILES string of the molecule is CN=C(NCc1ccc([N+](=O)[O-])cc1)N1CCN(c2ncccn2)CC1.I. The minimum absolute atomic E-state index is 0. The number of nitrogens with one attached hydrogen (secondary N) is 1. The highest BCUT2D eigenvalue weighted by Crippen LogP contribution is 2.12. The van der Waals surface area contributed by atoms with Crippen LogP contribution in [0.15, 0.2) is 47.7 Å². The summed E-state index contributed by atoms with van der Waals surface area (Å²) in [5, 5.41) is 14.0. The zero-order valence-electron chi connectivity index (χ0n) is 15.0. The number of benzene rings is 1. The van der Waals surface area contributed by atoms with Gasteiger partial charge < -0.3 is 15.1 Å². The lowest BCUT2D eigenvalue weighted by Crippen LogP contribution is -2.52. The molecule has 0 radical (unpaired) electrons. The van der Waals surface area contributed by atoms with E-state index in [1.54, 1.807) is 31.6 Å². The second kappa shape index (κ2) is 10.00. The Morgan fingerprint density at radius 3 is 2.37 bits per heavy atom. The van der Waals surface area contributed by atoms with E-state index in [-0.39, 0.29) is 29.7 Å². The lowest BCUT2D eigenvalue weighted by atomic mass is 10.2. The number of nitro groups is 1. The number of piperazine rings is 1. The zero-order chi connectivity index (χ0) is 18.4. The van der Waals surface area contributed by atoms with Crippen LogP contribution in [0, 0.1) is 10.1 Å². The summed E-state index contributed by atoms with van der Waals surface area (Å²) in [6, 6.07) is 8.34. The van der Waals surface area contributed by atoms with Gasteiger partial charge in [0.25, 0.3) is 5.69 Å². The van der Waals surface area contributed by atoms with Crippen LogP contribution in [0.5, 0.6) is 0 Å². The van der Waals surface area contributed by atoms with Gasteiger partial charge in [0.2, 0.25) is 5.95 Å². The molecule has 1 aromatic carbocycles. The maximum absolute atomic E-state index is 10.7. The summed E-state index contributed by atoms with van der Waals surface area (Å²) in [6.45, 7) is 3.84. The molecule has 3 rings (SSSR count). The molecule has 1 saturated heterocycles. The Hall–Kier alpha value is -2.50. The molecule has 10 heteroatoms. The Morgan fingerprint density at radius 2 is 1.81 bits per heavy atom. The van der Waals surface area contributed by atoms with E-state index in [0.29, 0.717) is 6.54 Å². The highest BCUT2D eigenvalue weighted by atomic mass is 127. The van der Waals surface area contributed by atoms with E-state index < -0.39 is 4.92 Å². The number of nitro benzene ring substituents is 1. The molecule has 0 saturated carbocycles. The summed E-state index contributed by atoms with van der Waals surface area (Å²) in [5.74, 6) is 1.57. The highest BCUT2D eigenvalue weighted by Gasteiger charge is 2.21. The van der Waals surface area contributed by atoms with E-state index in [4.69, 9.17) is 0 Å². The molecule has 1 aromatic heterocycles. The van der Waals surface area contributed by atoms with Crippen molar-refractivity contribution in [3.8, 4) is 0 Å². The van der Waals surface area contributed by atoms with Gasteiger partial charge in [-0.2, -0.15) is 0 Å². The van der Waals surface area contributed by atoms with Gasteiger partial charge in [0.05, 0.1) is 4.92 Å². The molecule has 2 aromatic rings. The number of nitrogens with zero attached hydrogens (tertiary/aromatic N) is 6. The third-order valence-corrected chi connectivity index (χ3v) is 4.22. The van der Waals surface area contributed by atoms with Crippen molar-refractivity contribution in [1.29, 1.82) is 0 Å². The quantitative estimate of drug-likeness (QED) is 0.233. The molecule has 0 atom stereocenters. The smallest absolute Gasteiger partial charge is 0.269 e. The van der Waals surface area contributed by atoms with Gasteiger partial charge in [0.1, 0.15) is 0 Å². The summed E-state index contributed by atoms with van der Waals surface area (Å²) >= 11 is 0. The largest absolute Gasteiger partial charge is 0.352 e. The van der Waals surface area contributed by atoms with Gasteiger partial charge in [-0.05, 0) is 11.6 Å². The van der Waals surface area contributed by atoms with E-state index in [2.05, 4.69) is 30.1 Å². The standard InChI is InChI=1S/C17H21N7O2.HI/c1-18-16(21-13-14-3-5-15(6-4-14)24(25)26)22-9-11-23(12-10-22)17-19-7-2-8-20-17;/h2-8H,9-13H2,1H3,(H,18,21);1H. The molecule has 27 heavy (non-hydrogen) atoms. The molecule has 0 spiro atoms. The monoisotopic (exact) mass is 483 g/mol. The molecule has 2 heterocycles. The Balaban J connectivity index is 0.00000261. The van der Waals surface area contributed by atoms with Gasteiger partial charge in [0, 0.05) is 64.3 Å². The third kappa shape index (κ3) is 5.49. The second-order valence-corrected chi connectivity index (χ2v) is 5.85. The van der Waals surface area contributed by atoms with Crippen molar-refractivity contribution in [1.82, 2.24) is 20.2 Å². The maximum atomic E-state index is 10.7. The van der Waals surface area contributed by atoms with Crippen molar-refractivity contribution in [3.63, 3.8) is 0 Å². The topological polar surface area (TPSA) is 99.8 Å². The predicted octanol–water partition coefficient (Wildman–Crippen LogP) is 1.90. The molecule has 0 aliphatic carbocycles. The first-order valence-corrected chi connectivity index (χ1v) is 8.38. The maximum Gasteiger partial charge on any atom is 0.269 e.